The molecule has 3 nitrogen and oxygen atoms in total. The molecule has 0 bridgehead atoms. The Labute approximate surface area is 104 Å². The number of hydrogen-bond acceptors (Lipinski definition) is 3. The van der Waals surface area contributed by atoms with E-state index in [0.717, 1.165) is 38.4 Å². The molecule has 4 heteroatoms. The van der Waals surface area contributed by atoms with Gasteiger partial charge >= 0.3 is 0 Å². The number of aliphatic imine (C=N–C) groups is 1. The van der Waals surface area contributed by atoms with Gasteiger partial charge in [0.25, 0.3) is 0 Å². The molecule has 1 heterocycles. The summed E-state index contributed by atoms with van der Waals surface area (Å²) in [5.74, 6) is 0.943. The largest absolute Gasteiger partial charge is 0.356 e. The predicted molar refractivity (Wildman–Crippen MR) is 70.8 cm³/mol. The molecular weight excluding hydrogens is 266 g/mol. The summed E-state index contributed by atoms with van der Waals surface area (Å²) in [5, 5.41) is 6.56. The first-order chi connectivity index (χ1) is 7.86. The van der Waals surface area contributed by atoms with Crippen molar-refractivity contribution in [3.8, 4) is 0 Å². The fourth-order valence-electron chi connectivity index (χ4n) is 1.67. The first kappa shape index (κ1) is 11.5. The van der Waals surface area contributed by atoms with Crippen LogP contribution in [0.2, 0.25) is 0 Å². The summed E-state index contributed by atoms with van der Waals surface area (Å²) in [5.41, 5.74) is 1.33. The minimum Gasteiger partial charge on any atom is -0.356 e. The zero-order valence-corrected chi connectivity index (χ0v) is 10.8. The summed E-state index contributed by atoms with van der Waals surface area (Å²) in [6.07, 6.45) is 2.14. The van der Waals surface area contributed by atoms with E-state index in [1.165, 1.54) is 10.0 Å². The second kappa shape index (κ2) is 5.89. The quantitative estimate of drug-likeness (QED) is 0.888. The number of nitrogens with one attached hydrogen (secondary N) is 2. The van der Waals surface area contributed by atoms with E-state index >= 15 is 0 Å². The number of rotatable bonds is 3. The van der Waals surface area contributed by atoms with Gasteiger partial charge in [0, 0.05) is 24.1 Å². The molecule has 0 amide bonds. The maximum absolute atomic E-state index is 4.37. The van der Waals surface area contributed by atoms with Crippen molar-refractivity contribution in [1.82, 2.24) is 10.6 Å². The highest BCUT2D eigenvalue weighted by molar-refractivity contribution is 9.10. The van der Waals surface area contributed by atoms with Crippen LogP contribution in [0.15, 0.2) is 33.7 Å². The fourth-order valence-corrected chi connectivity index (χ4v) is 2.15. The molecule has 0 aliphatic carbocycles. The van der Waals surface area contributed by atoms with Crippen molar-refractivity contribution < 1.29 is 0 Å². The highest BCUT2D eigenvalue weighted by Crippen LogP contribution is 2.15. The Kier molecular flexibility index (Phi) is 4.22. The third kappa shape index (κ3) is 3.23. The molecular formula is C12H16BrN3. The van der Waals surface area contributed by atoms with Crippen molar-refractivity contribution in [3.05, 3.63) is 34.3 Å². The lowest BCUT2D eigenvalue weighted by Crippen LogP contribution is -2.41. The topological polar surface area (TPSA) is 36.4 Å². The van der Waals surface area contributed by atoms with Gasteiger partial charge in [0.2, 0.25) is 0 Å². The number of nitrogens with zero attached hydrogens (tertiary/aromatic N) is 1. The second-order valence-electron chi connectivity index (χ2n) is 3.78. The second-order valence-corrected chi connectivity index (χ2v) is 4.63. The molecule has 1 aromatic carbocycles. The van der Waals surface area contributed by atoms with Gasteiger partial charge in [0.05, 0.1) is 0 Å². The van der Waals surface area contributed by atoms with Gasteiger partial charge in [-0.1, -0.05) is 34.1 Å². The Bertz CT molecular complexity index is 376. The van der Waals surface area contributed by atoms with Gasteiger partial charge in [-0.3, -0.25) is 4.99 Å². The van der Waals surface area contributed by atoms with Crippen molar-refractivity contribution in [1.29, 1.82) is 0 Å². The van der Waals surface area contributed by atoms with Crippen molar-refractivity contribution >= 4 is 21.9 Å². The summed E-state index contributed by atoms with van der Waals surface area (Å²) >= 11 is 3.55. The van der Waals surface area contributed by atoms with E-state index in [1.54, 1.807) is 0 Å². The van der Waals surface area contributed by atoms with Crippen LogP contribution in [-0.4, -0.2) is 25.6 Å². The van der Waals surface area contributed by atoms with Crippen molar-refractivity contribution in [2.45, 2.75) is 12.8 Å². The minimum absolute atomic E-state index is 0.911. The van der Waals surface area contributed by atoms with Crippen molar-refractivity contribution in [2.24, 2.45) is 4.99 Å². The van der Waals surface area contributed by atoms with Crippen LogP contribution in [0.5, 0.6) is 0 Å². The standard InChI is InChI=1S/C12H16BrN3/c13-11-5-2-1-4-10(11)6-9-16-12-14-7-3-8-15-12/h1-2,4-5H,3,6-9H2,(H2,14,15,16). The molecule has 0 atom stereocenters. The molecule has 2 rings (SSSR count). The van der Waals surface area contributed by atoms with Crippen LogP contribution in [0, 0.1) is 0 Å². The molecule has 16 heavy (non-hydrogen) atoms. The average molecular weight is 282 g/mol. The lowest BCUT2D eigenvalue weighted by atomic mass is 10.1. The molecule has 0 radical (unpaired) electrons. The summed E-state index contributed by atoms with van der Waals surface area (Å²) < 4.78 is 1.18. The van der Waals surface area contributed by atoms with Gasteiger partial charge in [-0.2, -0.15) is 0 Å². The van der Waals surface area contributed by atoms with E-state index in [0.29, 0.717) is 0 Å². The molecule has 0 saturated heterocycles. The summed E-state index contributed by atoms with van der Waals surface area (Å²) in [4.78, 5) is 4.37. The number of benzene rings is 1. The third-order valence-electron chi connectivity index (χ3n) is 2.54. The van der Waals surface area contributed by atoms with Gasteiger partial charge in [0.1, 0.15) is 0 Å². The van der Waals surface area contributed by atoms with Gasteiger partial charge in [-0.25, -0.2) is 0 Å². The lowest BCUT2D eigenvalue weighted by molar-refractivity contribution is 0.700. The first-order valence-electron chi connectivity index (χ1n) is 5.62. The fraction of sp³-hybridized carbons (Fsp3) is 0.417. The summed E-state index contributed by atoms with van der Waals surface area (Å²) in [6, 6.07) is 8.32. The van der Waals surface area contributed by atoms with E-state index in [2.05, 4.69) is 49.8 Å². The van der Waals surface area contributed by atoms with Gasteiger partial charge in [-0.15, -0.1) is 0 Å². The molecule has 0 saturated carbocycles. The molecule has 2 N–H and O–H groups in total. The molecule has 86 valence electrons. The van der Waals surface area contributed by atoms with E-state index in [1.807, 2.05) is 6.07 Å². The maximum atomic E-state index is 4.37. The van der Waals surface area contributed by atoms with Crippen LogP contribution in [0.1, 0.15) is 12.0 Å². The predicted octanol–water partition coefficient (Wildman–Crippen LogP) is 1.93. The summed E-state index contributed by atoms with van der Waals surface area (Å²) in [6.45, 7) is 2.87. The Hall–Kier alpha value is -1.03. The third-order valence-corrected chi connectivity index (χ3v) is 3.32. The lowest BCUT2D eigenvalue weighted by Gasteiger charge is -2.16. The monoisotopic (exact) mass is 281 g/mol. The molecule has 0 aromatic heterocycles. The van der Waals surface area contributed by atoms with Crippen LogP contribution < -0.4 is 10.6 Å². The molecule has 1 aromatic rings. The zero-order valence-electron chi connectivity index (χ0n) is 9.17. The Balaban J connectivity index is 1.80. The van der Waals surface area contributed by atoms with Crippen LogP contribution >= 0.6 is 15.9 Å². The molecule has 0 unspecified atom stereocenters. The number of guanidine groups is 1. The van der Waals surface area contributed by atoms with E-state index in [-0.39, 0.29) is 0 Å². The Morgan fingerprint density at radius 3 is 3.00 bits per heavy atom. The van der Waals surface area contributed by atoms with E-state index in [9.17, 15) is 0 Å². The molecule has 1 aliphatic rings. The van der Waals surface area contributed by atoms with Crippen molar-refractivity contribution in [2.75, 3.05) is 19.6 Å². The molecule has 0 spiro atoms. The highest BCUT2D eigenvalue weighted by Gasteiger charge is 2.03. The Morgan fingerprint density at radius 1 is 1.38 bits per heavy atom. The van der Waals surface area contributed by atoms with Crippen molar-refractivity contribution in [3.63, 3.8) is 0 Å². The summed E-state index contributed by atoms with van der Waals surface area (Å²) in [7, 11) is 0. The molecule has 0 fully saturated rings. The van der Waals surface area contributed by atoms with E-state index in [4.69, 9.17) is 0 Å². The van der Waals surface area contributed by atoms with Crippen LogP contribution in [0.4, 0.5) is 0 Å². The first-order valence-corrected chi connectivity index (χ1v) is 6.41. The van der Waals surface area contributed by atoms with Crippen LogP contribution in [0.3, 0.4) is 0 Å². The zero-order chi connectivity index (χ0) is 11.2. The SMILES string of the molecule is Brc1ccccc1CCNC1=NCCCN1. The number of hydrogen-bond donors (Lipinski definition) is 2. The van der Waals surface area contributed by atoms with E-state index < -0.39 is 0 Å². The smallest absolute Gasteiger partial charge is 0.191 e. The average Bonchev–Trinajstić information content (AvgIpc) is 2.33. The van der Waals surface area contributed by atoms with Gasteiger partial charge in [-0.05, 0) is 24.5 Å². The van der Waals surface area contributed by atoms with Gasteiger partial charge in [0.15, 0.2) is 5.96 Å². The number of halogens is 1. The molecule has 1 aliphatic heterocycles. The van der Waals surface area contributed by atoms with Crippen LogP contribution in [-0.2, 0) is 6.42 Å². The minimum atomic E-state index is 0.911. The van der Waals surface area contributed by atoms with Crippen LogP contribution in [0.25, 0.3) is 0 Å². The maximum Gasteiger partial charge on any atom is 0.191 e. The van der Waals surface area contributed by atoms with Gasteiger partial charge < -0.3 is 10.6 Å². The highest BCUT2D eigenvalue weighted by atomic mass is 79.9. The normalized spacial score (nSPS) is 15.2. The Morgan fingerprint density at radius 2 is 2.25 bits per heavy atom.